The van der Waals surface area contributed by atoms with E-state index >= 15 is 0 Å². The summed E-state index contributed by atoms with van der Waals surface area (Å²) in [4.78, 5) is 15.3. The van der Waals surface area contributed by atoms with Gasteiger partial charge in [-0.05, 0) is 6.42 Å². The highest BCUT2D eigenvalue weighted by Crippen LogP contribution is 2.18. The van der Waals surface area contributed by atoms with E-state index in [-0.39, 0.29) is 12.0 Å². The zero-order chi connectivity index (χ0) is 12.3. The highest BCUT2D eigenvalue weighted by Gasteiger charge is 2.12. The summed E-state index contributed by atoms with van der Waals surface area (Å²) in [5, 5.41) is 3.27. The lowest BCUT2D eigenvalue weighted by Crippen LogP contribution is -2.24. The lowest BCUT2D eigenvalue weighted by Gasteiger charge is -2.16. The number of nitrogens with zero attached hydrogens (tertiary/aromatic N) is 3. The van der Waals surface area contributed by atoms with Crippen LogP contribution in [0.1, 0.15) is 13.3 Å². The Morgan fingerprint density at radius 3 is 3.06 bits per heavy atom. The van der Waals surface area contributed by atoms with Crippen molar-refractivity contribution in [2.24, 2.45) is 0 Å². The van der Waals surface area contributed by atoms with Crippen LogP contribution >= 0.6 is 0 Å². The number of nitrogen functional groups attached to an aromatic ring is 1. The van der Waals surface area contributed by atoms with Crippen molar-refractivity contribution in [1.82, 2.24) is 19.9 Å². The number of aromatic nitrogens is 4. The second kappa shape index (κ2) is 4.96. The Morgan fingerprint density at radius 2 is 2.35 bits per heavy atom. The van der Waals surface area contributed by atoms with Crippen LogP contribution in [0.2, 0.25) is 0 Å². The van der Waals surface area contributed by atoms with Gasteiger partial charge in [-0.1, -0.05) is 6.92 Å². The number of anilines is 2. The standard InChI is InChI=1S/C10H16N6O/c1-3-6(4-17-2)14-9-7-8(13-5-12-7)15-10(11)16-9/h5-6H,3-4H2,1-2H3,(H4,11,12,13,14,15,16). The summed E-state index contributed by atoms with van der Waals surface area (Å²) in [5.41, 5.74) is 6.95. The van der Waals surface area contributed by atoms with Crippen LogP contribution < -0.4 is 11.1 Å². The zero-order valence-corrected chi connectivity index (χ0v) is 9.90. The Bertz CT molecular complexity index is 497. The van der Waals surface area contributed by atoms with Gasteiger partial charge in [-0.25, -0.2) is 4.98 Å². The van der Waals surface area contributed by atoms with Gasteiger partial charge in [0.2, 0.25) is 5.95 Å². The molecule has 2 aromatic heterocycles. The van der Waals surface area contributed by atoms with Gasteiger partial charge < -0.3 is 20.8 Å². The van der Waals surface area contributed by atoms with Gasteiger partial charge in [0.25, 0.3) is 0 Å². The topological polar surface area (TPSA) is 102 Å². The number of imidazole rings is 1. The number of nitrogens with one attached hydrogen (secondary N) is 2. The zero-order valence-electron chi connectivity index (χ0n) is 9.90. The number of aromatic amines is 1. The van der Waals surface area contributed by atoms with E-state index in [0.29, 0.717) is 18.1 Å². The highest BCUT2D eigenvalue weighted by molar-refractivity contribution is 5.83. The first-order chi connectivity index (χ1) is 8.24. The fourth-order valence-corrected chi connectivity index (χ4v) is 1.61. The lowest BCUT2D eigenvalue weighted by molar-refractivity contribution is 0.184. The minimum Gasteiger partial charge on any atom is -0.383 e. The number of hydrogen-bond acceptors (Lipinski definition) is 6. The summed E-state index contributed by atoms with van der Waals surface area (Å²) in [6, 6.07) is 0.181. The van der Waals surface area contributed by atoms with Gasteiger partial charge >= 0.3 is 0 Å². The number of rotatable bonds is 5. The van der Waals surface area contributed by atoms with Crippen molar-refractivity contribution in [2.45, 2.75) is 19.4 Å². The molecule has 0 aromatic carbocycles. The van der Waals surface area contributed by atoms with Gasteiger partial charge in [0.05, 0.1) is 19.0 Å². The van der Waals surface area contributed by atoms with Gasteiger partial charge in [-0.2, -0.15) is 9.97 Å². The van der Waals surface area contributed by atoms with Crippen LogP contribution in [0.4, 0.5) is 11.8 Å². The molecule has 1 unspecified atom stereocenters. The van der Waals surface area contributed by atoms with Gasteiger partial charge in [-0.3, -0.25) is 0 Å². The molecule has 17 heavy (non-hydrogen) atoms. The number of methoxy groups -OCH3 is 1. The molecule has 4 N–H and O–H groups in total. The van der Waals surface area contributed by atoms with Crippen LogP contribution in [0.25, 0.3) is 11.2 Å². The molecule has 0 bridgehead atoms. The van der Waals surface area contributed by atoms with Gasteiger partial charge in [0, 0.05) is 7.11 Å². The van der Waals surface area contributed by atoms with E-state index in [1.807, 2.05) is 0 Å². The lowest BCUT2D eigenvalue weighted by atomic mass is 10.2. The molecule has 7 nitrogen and oxygen atoms in total. The third kappa shape index (κ3) is 2.44. The SMILES string of the molecule is CCC(COC)Nc1nc(N)nc2nc[nH]c12. The van der Waals surface area contributed by atoms with Crippen molar-refractivity contribution >= 4 is 22.9 Å². The molecule has 0 amide bonds. The number of ether oxygens (including phenoxy) is 1. The monoisotopic (exact) mass is 236 g/mol. The summed E-state index contributed by atoms with van der Waals surface area (Å²) in [6.45, 7) is 2.68. The van der Waals surface area contributed by atoms with Crippen LogP contribution in [0.3, 0.4) is 0 Å². The summed E-state index contributed by atoms with van der Waals surface area (Å²) in [5.74, 6) is 0.869. The molecular weight excluding hydrogens is 220 g/mol. The van der Waals surface area contributed by atoms with Crippen LogP contribution in [-0.2, 0) is 4.74 Å². The summed E-state index contributed by atoms with van der Waals surface area (Å²) in [6.07, 6.45) is 2.49. The first-order valence-corrected chi connectivity index (χ1v) is 5.46. The van der Waals surface area contributed by atoms with E-state index < -0.39 is 0 Å². The Kier molecular flexibility index (Phi) is 3.38. The van der Waals surface area contributed by atoms with Crippen LogP contribution in [0.15, 0.2) is 6.33 Å². The van der Waals surface area contributed by atoms with Crippen molar-refractivity contribution in [3.8, 4) is 0 Å². The fraction of sp³-hybridized carbons (Fsp3) is 0.500. The van der Waals surface area contributed by atoms with Gasteiger partial charge in [0.15, 0.2) is 11.5 Å². The molecule has 7 heteroatoms. The molecule has 0 aliphatic heterocycles. The predicted octanol–water partition coefficient (Wildman–Crippen LogP) is 0.772. The molecule has 2 heterocycles. The normalized spacial score (nSPS) is 12.8. The van der Waals surface area contributed by atoms with Crippen molar-refractivity contribution < 1.29 is 4.74 Å². The number of fused-ring (bicyclic) bond motifs is 1. The first kappa shape index (κ1) is 11.6. The molecule has 1 atom stereocenters. The molecule has 2 rings (SSSR count). The molecule has 2 aromatic rings. The first-order valence-electron chi connectivity index (χ1n) is 5.46. The molecule has 0 spiro atoms. The van der Waals surface area contributed by atoms with Crippen LogP contribution in [0.5, 0.6) is 0 Å². The molecule has 0 saturated heterocycles. The highest BCUT2D eigenvalue weighted by atomic mass is 16.5. The number of hydrogen-bond donors (Lipinski definition) is 3. The number of H-pyrrole nitrogens is 1. The third-order valence-corrected chi connectivity index (χ3v) is 2.50. The minimum absolute atomic E-state index is 0.181. The van der Waals surface area contributed by atoms with E-state index in [4.69, 9.17) is 10.5 Å². The van der Waals surface area contributed by atoms with E-state index in [9.17, 15) is 0 Å². The average molecular weight is 236 g/mol. The maximum absolute atomic E-state index is 5.63. The summed E-state index contributed by atoms with van der Waals surface area (Å²) >= 11 is 0. The average Bonchev–Trinajstić information content (AvgIpc) is 2.76. The van der Waals surface area contributed by atoms with Crippen molar-refractivity contribution in [3.05, 3.63) is 6.33 Å². The molecule has 0 fully saturated rings. The van der Waals surface area contributed by atoms with E-state index in [1.165, 1.54) is 0 Å². The maximum Gasteiger partial charge on any atom is 0.224 e. The fourth-order valence-electron chi connectivity index (χ4n) is 1.61. The number of nitrogens with two attached hydrogens (primary N) is 1. The Morgan fingerprint density at radius 1 is 1.53 bits per heavy atom. The van der Waals surface area contributed by atoms with E-state index in [2.05, 4.69) is 32.2 Å². The van der Waals surface area contributed by atoms with Crippen molar-refractivity contribution in [2.75, 3.05) is 24.8 Å². The van der Waals surface area contributed by atoms with Gasteiger partial charge in [0.1, 0.15) is 5.52 Å². The van der Waals surface area contributed by atoms with Gasteiger partial charge in [-0.15, -0.1) is 0 Å². The van der Waals surface area contributed by atoms with Crippen molar-refractivity contribution in [1.29, 1.82) is 0 Å². The summed E-state index contributed by atoms with van der Waals surface area (Å²) in [7, 11) is 1.67. The van der Waals surface area contributed by atoms with Crippen molar-refractivity contribution in [3.63, 3.8) is 0 Å². The van der Waals surface area contributed by atoms with Crippen LogP contribution in [-0.4, -0.2) is 39.7 Å². The second-order valence-electron chi connectivity index (χ2n) is 3.74. The van der Waals surface area contributed by atoms with E-state index in [1.54, 1.807) is 13.4 Å². The Balaban J connectivity index is 2.30. The van der Waals surface area contributed by atoms with Crippen LogP contribution in [0, 0.1) is 0 Å². The largest absolute Gasteiger partial charge is 0.383 e. The quantitative estimate of drug-likeness (QED) is 0.708. The predicted molar refractivity (Wildman–Crippen MR) is 65.7 cm³/mol. The Labute approximate surface area is 98.8 Å². The molecule has 92 valence electrons. The molecule has 0 aliphatic rings. The molecule has 0 aliphatic carbocycles. The summed E-state index contributed by atoms with van der Waals surface area (Å²) < 4.78 is 5.13. The third-order valence-electron chi connectivity index (χ3n) is 2.50. The molecule has 0 saturated carbocycles. The molecule has 0 radical (unpaired) electrons. The molecular formula is C10H16N6O. The Hall–Kier alpha value is -1.89. The smallest absolute Gasteiger partial charge is 0.224 e. The van der Waals surface area contributed by atoms with E-state index in [0.717, 1.165) is 11.9 Å². The second-order valence-corrected chi connectivity index (χ2v) is 3.74. The maximum atomic E-state index is 5.63. The minimum atomic E-state index is 0.181.